The summed E-state index contributed by atoms with van der Waals surface area (Å²) in [6.07, 6.45) is 1.36. The van der Waals surface area contributed by atoms with Gasteiger partial charge in [-0.1, -0.05) is 6.07 Å². The molecular formula is C19H22N2O4. The number of phenolic OH excluding ortho intramolecular Hbond substituents is 1. The molecule has 0 saturated heterocycles. The fourth-order valence-corrected chi connectivity index (χ4v) is 2.05. The molecular weight excluding hydrogens is 320 g/mol. The van der Waals surface area contributed by atoms with E-state index in [-0.39, 0.29) is 18.3 Å². The van der Waals surface area contributed by atoms with Crippen molar-refractivity contribution in [1.82, 2.24) is 5.43 Å². The second kappa shape index (κ2) is 8.73. The molecule has 0 unspecified atom stereocenters. The minimum Gasteiger partial charge on any atom is -0.507 e. The fraction of sp³-hybridized carbons (Fsp3) is 0.263. The van der Waals surface area contributed by atoms with Crippen LogP contribution >= 0.6 is 0 Å². The number of nitrogens with one attached hydrogen (secondary N) is 1. The van der Waals surface area contributed by atoms with E-state index < -0.39 is 0 Å². The third-order valence-electron chi connectivity index (χ3n) is 3.55. The summed E-state index contributed by atoms with van der Waals surface area (Å²) < 4.78 is 10.7. The van der Waals surface area contributed by atoms with Crippen LogP contribution in [0.2, 0.25) is 0 Å². The Kier molecular flexibility index (Phi) is 6.39. The van der Waals surface area contributed by atoms with Crippen molar-refractivity contribution < 1.29 is 19.4 Å². The Morgan fingerprint density at radius 2 is 1.84 bits per heavy atom. The third kappa shape index (κ3) is 5.53. The zero-order valence-corrected chi connectivity index (χ0v) is 14.6. The van der Waals surface area contributed by atoms with Gasteiger partial charge in [-0.05, 0) is 56.2 Å². The molecule has 2 aromatic carbocycles. The van der Waals surface area contributed by atoms with Gasteiger partial charge in [0.1, 0.15) is 17.2 Å². The zero-order chi connectivity index (χ0) is 18.2. The molecule has 6 nitrogen and oxygen atoms in total. The van der Waals surface area contributed by atoms with Crippen LogP contribution in [0.3, 0.4) is 0 Å². The topological polar surface area (TPSA) is 80.2 Å². The first-order valence-corrected chi connectivity index (χ1v) is 7.97. The van der Waals surface area contributed by atoms with Crippen molar-refractivity contribution in [2.45, 2.75) is 20.8 Å². The first-order valence-electron chi connectivity index (χ1n) is 7.97. The molecule has 2 rings (SSSR count). The predicted molar refractivity (Wildman–Crippen MR) is 96.4 cm³/mol. The summed E-state index contributed by atoms with van der Waals surface area (Å²) in [5.41, 5.74) is 5.09. The lowest BCUT2D eigenvalue weighted by molar-refractivity contribution is -0.123. The molecule has 0 heterocycles. The van der Waals surface area contributed by atoms with E-state index >= 15 is 0 Å². The molecule has 2 aromatic rings. The maximum Gasteiger partial charge on any atom is 0.277 e. The molecule has 2 N–H and O–H groups in total. The number of benzene rings is 2. The number of hydrogen-bond acceptors (Lipinski definition) is 5. The summed E-state index contributed by atoms with van der Waals surface area (Å²) in [4.78, 5) is 11.8. The first kappa shape index (κ1) is 18.3. The van der Waals surface area contributed by atoms with Crippen LogP contribution in [0, 0.1) is 13.8 Å². The lowest BCUT2D eigenvalue weighted by Crippen LogP contribution is -2.24. The van der Waals surface area contributed by atoms with E-state index in [0.29, 0.717) is 23.7 Å². The van der Waals surface area contributed by atoms with Gasteiger partial charge in [-0.25, -0.2) is 5.43 Å². The highest BCUT2D eigenvalue weighted by molar-refractivity contribution is 5.85. The summed E-state index contributed by atoms with van der Waals surface area (Å²) in [7, 11) is 0. The van der Waals surface area contributed by atoms with Gasteiger partial charge in [0.2, 0.25) is 0 Å². The molecule has 0 aromatic heterocycles. The first-order chi connectivity index (χ1) is 12.0. The average Bonchev–Trinajstić information content (AvgIpc) is 2.58. The van der Waals surface area contributed by atoms with Gasteiger partial charge in [0.15, 0.2) is 6.61 Å². The number of amides is 1. The fourth-order valence-electron chi connectivity index (χ4n) is 2.05. The SMILES string of the molecule is CCOc1ccc(/C=N/NC(=O)COc2ccc(C)c(C)c2)c(O)c1. The third-order valence-corrected chi connectivity index (χ3v) is 3.55. The van der Waals surface area contributed by atoms with E-state index in [0.717, 1.165) is 11.1 Å². The van der Waals surface area contributed by atoms with E-state index in [1.807, 2.05) is 39.0 Å². The van der Waals surface area contributed by atoms with Crippen LogP contribution in [0.15, 0.2) is 41.5 Å². The Balaban J connectivity index is 1.84. The second-order valence-corrected chi connectivity index (χ2v) is 5.48. The number of rotatable bonds is 7. The molecule has 132 valence electrons. The number of hydrazone groups is 1. The standard InChI is InChI=1S/C19H22N2O4/c1-4-24-17-8-6-15(18(22)10-17)11-20-21-19(23)12-25-16-7-5-13(2)14(3)9-16/h5-11,22H,4,12H2,1-3H3,(H,21,23)/b20-11+. The highest BCUT2D eigenvalue weighted by atomic mass is 16.5. The molecule has 0 bridgehead atoms. The Labute approximate surface area is 147 Å². The summed E-state index contributed by atoms with van der Waals surface area (Å²) >= 11 is 0. The number of ether oxygens (including phenoxy) is 2. The van der Waals surface area contributed by atoms with Gasteiger partial charge >= 0.3 is 0 Å². The largest absolute Gasteiger partial charge is 0.507 e. The van der Waals surface area contributed by atoms with Crippen LogP contribution in [0.4, 0.5) is 0 Å². The number of aryl methyl sites for hydroxylation is 2. The van der Waals surface area contributed by atoms with Gasteiger partial charge < -0.3 is 14.6 Å². The van der Waals surface area contributed by atoms with Crippen molar-refractivity contribution in [3.8, 4) is 17.2 Å². The van der Waals surface area contributed by atoms with E-state index in [2.05, 4.69) is 10.5 Å². The summed E-state index contributed by atoms with van der Waals surface area (Å²) in [5, 5.41) is 13.7. The molecule has 6 heteroatoms. The highest BCUT2D eigenvalue weighted by Crippen LogP contribution is 2.22. The molecule has 25 heavy (non-hydrogen) atoms. The average molecular weight is 342 g/mol. The maximum atomic E-state index is 11.8. The van der Waals surface area contributed by atoms with Gasteiger partial charge in [0.05, 0.1) is 12.8 Å². The van der Waals surface area contributed by atoms with Gasteiger partial charge in [-0.15, -0.1) is 0 Å². The molecule has 0 atom stereocenters. The van der Waals surface area contributed by atoms with Crippen LogP contribution in [-0.2, 0) is 4.79 Å². The molecule has 0 aliphatic carbocycles. The molecule has 0 saturated carbocycles. The molecule has 0 spiro atoms. The summed E-state index contributed by atoms with van der Waals surface area (Å²) in [6.45, 7) is 6.23. The number of aromatic hydroxyl groups is 1. The quantitative estimate of drug-likeness (QED) is 0.599. The van der Waals surface area contributed by atoms with Gasteiger partial charge in [0, 0.05) is 11.6 Å². The van der Waals surface area contributed by atoms with Gasteiger partial charge in [0.25, 0.3) is 5.91 Å². The Morgan fingerprint density at radius 3 is 2.52 bits per heavy atom. The van der Waals surface area contributed by atoms with Crippen molar-refractivity contribution in [3.63, 3.8) is 0 Å². The molecule has 0 radical (unpaired) electrons. The Hall–Kier alpha value is -3.02. The van der Waals surface area contributed by atoms with E-state index in [4.69, 9.17) is 9.47 Å². The monoisotopic (exact) mass is 342 g/mol. The molecule has 1 amide bonds. The zero-order valence-electron chi connectivity index (χ0n) is 14.6. The number of carbonyl (C=O) groups is 1. The lowest BCUT2D eigenvalue weighted by atomic mass is 10.1. The highest BCUT2D eigenvalue weighted by Gasteiger charge is 2.04. The Morgan fingerprint density at radius 1 is 1.12 bits per heavy atom. The van der Waals surface area contributed by atoms with E-state index in [9.17, 15) is 9.90 Å². The minimum atomic E-state index is -0.389. The lowest BCUT2D eigenvalue weighted by Gasteiger charge is -2.07. The van der Waals surface area contributed by atoms with Crippen molar-refractivity contribution in [2.24, 2.45) is 5.10 Å². The predicted octanol–water partition coefficient (Wildman–Crippen LogP) is 2.94. The van der Waals surface area contributed by atoms with Gasteiger partial charge in [-0.3, -0.25) is 4.79 Å². The number of phenols is 1. The van der Waals surface area contributed by atoms with Crippen molar-refractivity contribution in [1.29, 1.82) is 0 Å². The van der Waals surface area contributed by atoms with E-state index in [1.165, 1.54) is 12.3 Å². The number of nitrogens with zero attached hydrogens (tertiary/aromatic N) is 1. The van der Waals surface area contributed by atoms with Crippen molar-refractivity contribution in [3.05, 3.63) is 53.1 Å². The molecule has 0 aliphatic rings. The smallest absolute Gasteiger partial charge is 0.277 e. The molecule has 0 aliphatic heterocycles. The van der Waals surface area contributed by atoms with Crippen LogP contribution in [0.5, 0.6) is 17.2 Å². The normalized spacial score (nSPS) is 10.7. The van der Waals surface area contributed by atoms with Crippen LogP contribution in [0.1, 0.15) is 23.6 Å². The van der Waals surface area contributed by atoms with Crippen LogP contribution < -0.4 is 14.9 Å². The van der Waals surface area contributed by atoms with Crippen LogP contribution in [0.25, 0.3) is 0 Å². The van der Waals surface area contributed by atoms with E-state index in [1.54, 1.807) is 12.1 Å². The summed E-state index contributed by atoms with van der Waals surface area (Å²) in [6, 6.07) is 10.5. The number of hydrogen-bond donors (Lipinski definition) is 2. The Bertz CT molecular complexity index is 772. The maximum absolute atomic E-state index is 11.8. The summed E-state index contributed by atoms with van der Waals surface area (Å²) in [5.74, 6) is 0.838. The second-order valence-electron chi connectivity index (χ2n) is 5.48. The minimum absolute atomic E-state index is 0.0235. The van der Waals surface area contributed by atoms with Crippen molar-refractivity contribution in [2.75, 3.05) is 13.2 Å². The van der Waals surface area contributed by atoms with Crippen LogP contribution in [-0.4, -0.2) is 30.4 Å². The van der Waals surface area contributed by atoms with Crippen molar-refractivity contribution >= 4 is 12.1 Å². The van der Waals surface area contributed by atoms with Gasteiger partial charge in [-0.2, -0.15) is 5.10 Å². The number of carbonyl (C=O) groups excluding carboxylic acids is 1. The molecule has 0 fully saturated rings.